The van der Waals surface area contributed by atoms with E-state index in [0.29, 0.717) is 22.1 Å². The number of amides is 2. The molecule has 1 atom stereocenters. The number of carbonyl (C=O) groups is 1. The number of aromatic nitrogens is 2. The van der Waals surface area contributed by atoms with E-state index in [0.717, 1.165) is 0 Å². The van der Waals surface area contributed by atoms with Gasteiger partial charge in [0.15, 0.2) is 0 Å². The van der Waals surface area contributed by atoms with Crippen LogP contribution in [-0.4, -0.2) is 15.6 Å². The molecule has 25 heavy (non-hydrogen) atoms. The summed E-state index contributed by atoms with van der Waals surface area (Å²) in [7, 11) is 1.78. The van der Waals surface area contributed by atoms with Crippen LogP contribution in [0.3, 0.4) is 0 Å². The Bertz CT molecular complexity index is 896. The Morgan fingerprint density at radius 2 is 2.04 bits per heavy atom. The van der Waals surface area contributed by atoms with Crippen LogP contribution in [0.25, 0.3) is 0 Å². The van der Waals surface area contributed by atoms with Crippen LogP contribution in [0.5, 0.6) is 0 Å². The molecule has 3 aromatic rings. The fraction of sp³-hybridized carbons (Fsp3) is 0.111. The number of benzene rings is 2. The number of hydrogen-bond donors (Lipinski definition) is 2. The Labute approximate surface area is 149 Å². The van der Waals surface area contributed by atoms with Gasteiger partial charge in [-0.15, -0.1) is 0 Å². The third kappa shape index (κ3) is 3.97. The summed E-state index contributed by atoms with van der Waals surface area (Å²) in [5, 5.41) is 5.97. The zero-order valence-electron chi connectivity index (χ0n) is 13.4. The van der Waals surface area contributed by atoms with E-state index in [1.807, 2.05) is 0 Å². The zero-order valence-corrected chi connectivity index (χ0v) is 14.2. The smallest absolute Gasteiger partial charge is 0.320 e. The molecule has 0 spiro atoms. The molecular formula is C18H16ClFN4O. The van der Waals surface area contributed by atoms with Crippen molar-refractivity contribution in [1.29, 1.82) is 0 Å². The monoisotopic (exact) mass is 358 g/mol. The molecule has 5 nitrogen and oxygen atoms in total. The summed E-state index contributed by atoms with van der Waals surface area (Å²) in [6.07, 6.45) is 3.33. The highest BCUT2D eigenvalue weighted by Crippen LogP contribution is 2.23. The highest BCUT2D eigenvalue weighted by molar-refractivity contribution is 6.30. The number of nitrogens with zero attached hydrogens (tertiary/aromatic N) is 2. The number of halogens is 2. The predicted molar refractivity (Wildman–Crippen MR) is 95.1 cm³/mol. The maximum absolute atomic E-state index is 14.3. The molecule has 0 aliphatic rings. The average molecular weight is 359 g/mol. The Morgan fingerprint density at radius 1 is 1.24 bits per heavy atom. The first-order valence-electron chi connectivity index (χ1n) is 7.59. The number of urea groups is 1. The molecule has 0 saturated heterocycles. The summed E-state index contributed by atoms with van der Waals surface area (Å²) >= 11 is 5.92. The first kappa shape index (κ1) is 17.0. The van der Waals surface area contributed by atoms with Crippen molar-refractivity contribution in [3.05, 3.63) is 83.2 Å². The second-order valence-corrected chi connectivity index (χ2v) is 5.90. The number of aryl methyl sites for hydroxylation is 1. The average Bonchev–Trinajstić information content (AvgIpc) is 2.99. The second kappa shape index (κ2) is 7.36. The molecule has 128 valence electrons. The molecule has 2 N–H and O–H groups in total. The molecule has 7 heteroatoms. The molecule has 0 aliphatic carbocycles. The number of rotatable bonds is 4. The van der Waals surface area contributed by atoms with Crippen LogP contribution in [0.4, 0.5) is 14.9 Å². The summed E-state index contributed by atoms with van der Waals surface area (Å²) in [4.78, 5) is 16.6. The van der Waals surface area contributed by atoms with Crippen LogP contribution in [0.2, 0.25) is 5.02 Å². The van der Waals surface area contributed by atoms with E-state index < -0.39 is 17.9 Å². The van der Waals surface area contributed by atoms with Gasteiger partial charge in [0.1, 0.15) is 17.7 Å². The minimum Gasteiger partial charge on any atom is -0.336 e. The number of hydrogen-bond acceptors (Lipinski definition) is 2. The fourth-order valence-corrected chi connectivity index (χ4v) is 2.70. The van der Waals surface area contributed by atoms with E-state index in [2.05, 4.69) is 15.6 Å². The van der Waals surface area contributed by atoms with Gasteiger partial charge in [-0.05, 0) is 24.3 Å². The quantitative estimate of drug-likeness (QED) is 0.737. The number of imidazole rings is 1. The largest absolute Gasteiger partial charge is 0.336 e. The number of anilines is 1. The third-order valence-electron chi connectivity index (χ3n) is 3.69. The van der Waals surface area contributed by atoms with E-state index in [1.54, 1.807) is 66.5 Å². The lowest BCUT2D eigenvalue weighted by molar-refractivity contribution is 0.249. The van der Waals surface area contributed by atoms with Gasteiger partial charge >= 0.3 is 6.03 Å². The summed E-state index contributed by atoms with van der Waals surface area (Å²) in [6.45, 7) is 0. The van der Waals surface area contributed by atoms with E-state index >= 15 is 0 Å². The first-order valence-corrected chi connectivity index (χ1v) is 7.97. The maximum atomic E-state index is 14.3. The maximum Gasteiger partial charge on any atom is 0.320 e. The molecular weight excluding hydrogens is 343 g/mol. The Hall–Kier alpha value is -2.86. The summed E-state index contributed by atoms with van der Waals surface area (Å²) < 4.78 is 16.0. The van der Waals surface area contributed by atoms with Gasteiger partial charge in [-0.3, -0.25) is 0 Å². The van der Waals surface area contributed by atoms with Crippen molar-refractivity contribution in [3.8, 4) is 0 Å². The van der Waals surface area contributed by atoms with Gasteiger partial charge in [0, 0.05) is 35.7 Å². The van der Waals surface area contributed by atoms with Crippen molar-refractivity contribution < 1.29 is 9.18 Å². The normalized spacial score (nSPS) is 11.8. The number of carbonyl (C=O) groups excluding carboxylic acids is 1. The zero-order chi connectivity index (χ0) is 17.8. The first-order chi connectivity index (χ1) is 12.0. The van der Waals surface area contributed by atoms with Gasteiger partial charge in [-0.25, -0.2) is 14.2 Å². The van der Waals surface area contributed by atoms with Gasteiger partial charge in [-0.2, -0.15) is 0 Å². The van der Waals surface area contributed by atoms with Crippen LogP contribution in [-0.2, 0) is 7.05 Å². The van der Waals surface area contributed by atoms with Crippen molar-refractivity contribution in [1.82, 2.24) is 14.9 Å². The van der Waals surface area contributed by atoms with E-state index in [1.165, 1.54) is 6.07 Å². The van der Waals surface area contributed by atoms with Gasteiger partial charge in [0.25, 0.3) is 0 Å². The molecule has 0 aliphatic heterocycles. The molecule has 2 aromatic carbocycles. The Morgan fingerprint density at radius 3 is 2.72 bits per heavy atom. The molecule has 1 heterocycles. The predicted octanol–water partition coefficient (Wildman–Crippen LogP) is 4.12. The lowest BCUT2D eigenvalue weighted by Crippen LogP contribution is -2.35. The summed E-state index contributed by atoms with van der Waals surface area (Å²) in [5.74, 6) is 0.102. The van der Waals surface area contributed by atoms with Crippen LogP contribution in [0, 0.1) is 5.82 Å². The van der Waals surface area contributed by atoms with Crippen molar-refractivity contribution >= 4 is 23.3 Å². The lowest BCUT2D eigenvalue weighted by atomic mass is 10.1. The molecule has 3 rings (SSSR count). The van der Waals surface area contributed by atoms with Crippen LogP contribution >= 0.6 is 11.6 Å². The minimum absolute atomic E-state index is 0.332. The van der Waals surface area contributed by atoms with Gasteiger partial charge < -0.3 is 15.2 Å². The Kier molecular flexibility index (Phi) is 5.00. The van der Waals surface area contributed by atoms with Crippen molar-refractivity contribution in [2.24, 2.45) is 7.05 Å². The molecule has 2 amide bonds. The van der Waals surface area contributed by atoms with Crippen molar-refractivity contribution in [2.45, 2.75) is 6.04 Å². The molecule has 0 radical (unpaired) electrons. The fourth-order valence-electron chi connectivity index (χ4n) is 2.51. The lowest BCUT2D eigenvalue weighted by Gasteiger charge is -2.20. The Balaban J connectivity index is 1.87. The molecule has 0 saturated carbocycles. The summed E-state index contributed by atoms with van der Waals surface area (Å²) in [6, 6.07) is 11.8. The highest BCUT2D eigenvalue weighted by Gasteiger charge is 2.23. The highest BCUT2D eigenvalue weighted by atomic mass is 35.5. The van der Waals surface area contributed by atoms with Gasteiger partial charge in [-0.1, -0.05) is 35.9 Å². The van der Waals surface area contributed by atoms with E-state index in [-0.39, 0.29) is 0 Å². The topological polar surface area (TPSA) is 59.0 Å². The number of nitrogens with one attached hydrogen (secondary N) is 2. The van der Waals surface area contributed by atoms with Gasteiger partial charge in [0.05, 0.1) is 0 Å². The van der Waals surface area contributed by atoms with E-state index in [9.17, 15) is 9.18 Å². The van der Waals surface area contributed by atoms with Crippen LogP contribution in [0.1, 0.15) is 17.4 Å². The molecule has 0 unspecified atom stereocenters. The third-order valence-corrected chi connectivity index (χ3v) is 3.93. The SMILES string of the molecule is Cn1ccnc1[C@H](NC(=O)Nc1cccc(Cl)c1)c1ccccc1F. The molecule has 1 aromatic heterocycles. The van der Waals surface area contributed by atoms with Gasteiger partial charge in [0.2, 0.25) is 0 Å². The second-order valence-electron chi connectivity index (χ2n) is 5.46. The standard InChI is InChI=1S/C18H16ClFN4O/c1-24-10-9-21-17(24)16(14-7-2-3-8-15(14)20)23-18(25)22-13-6-4-5-12(19)11-13/h2-11,16H,1H3,(H2,22,23,25)/t16-/m1/s1. The van der Waals surface area contributed by atoms with Crippen LogP contribution < -0.4 is 10.6 Å². The van der Waals surface area contributed by atoms with Crippen molar-refractivity contribution in [2.75, 3.05) is 5.32 Å². The molecule has 0 fully saturated rings. The van der Waals surface area contributed by atoms with E-state index in [4.69, 9.17) is 11.6 Å². The summed E-state index contributed by atoms with van der Waals surface area (Å²) in [5.41, 5.74) is 0.871. The van der Waals surface area contributed by atoms with Crippen molar-refractivity contribution in [3.63, 3.8) is 0 Å². The van der Waals surface area contributed by atoms with Crippen LogP contribution in [0.15, 0.2) is 60.9 Å². The minimum atomic E-state index is -0.736. The molecule has 0 bridgehead atoms.